The highest BCUT2D eigenvalue weighted by atomic mass is 16.5. The van der Waals surface area contributed by atoms with Gasteiger partial charge in [-0.1, -0.05) is 12.1 Å². The van der Waals surface area contributed by atoms with Crippen LogP contribution in [-0.4, -0.2) is 44.1 Å². The van der Waals surface area contributed by atoms with Gasteiger partial charge in [-0.05, 0) is 42.0 Å². The fourth-order valence-corrected chi connectivity index (χ4v) is 3.11. The van der Waals surface area contributed by atoms with Gasteiger partial charge in [-0.25, -0.2) is 0 Å². The minimum Gasteiger partial charge on any atom is -0.497 e. The third kappa shape index (κ3) is 4.73. The van der Waals surface area contributed by atoms with Crippen molar-refractivity contribution in [3.8, 4) is 5.75 Å². The number of rotatable bonds is 5. The van der Waals surface area contributed by atoms with E-state index >= 15 is 0 Å². The first-order valence-electron chi connectivity index (χ1n) is 8.62. The zero-order valence-electron chi connectivity index (χ0n) is 14.9. The van der Waals surface area contributed by atoms with E-state index in [-0.39, 0.29) is 5.91 Å². The summed E-state index contributed by atoms with van der Waals surface area (Å²) in [5.41, 5.74) is 3.37. The summed E-state index contributed by atoms with van der Waals surface area (Å²) in [5.74, 6) is 0.854. The molecule has 1 fully saturated rings. The minimum atomic E-state index is -0.0394. The maximum absolute atomic E-state index is 11.1. The number of nitrogens with one attached hydrogen (secondary N) is 1. The van der Waals surface area contributed by atoms with E-state index in [0.717, 1.165) is 44.2 Å². The Morgan fingerprint density at radius 2 is 1.64 bits per heavy atom. The van der Waals surface area contributed by atoms with Crippen LogP contribution < -0.4 is 15.0 Å². The maximum atomic E-state index is 11.1. The van der Waals surface area contributed by atoms with Crippen molar-refractivity contribution >= 4 is 17.3 Å². The first-order chi connectivity index (χ1) is 12.1. The van der Waals surface area contributed by atoms with E-state index in [9.17, 15) is 4.79 Å². The summed E-state index contributed by atoms with van der Waals surface area (Å²) >= 11 is 0. The molecule has 2 aromatic rings. The van der Waals surface area contributed by atoms with E-state index in [1.54, 1.807) is 7.11 Å². The molecule has 25 heavy (non-hydrogen) atoms. The Morgan fingerprint density at radius 1 is 1.00 bits per heavy atom. The summed E-state index contributed by atoms with van der Waals surface area (Å²) in [6.07, 6.45) is 0. The molecule has 0 unspecified atom stereocenters. The number of carbonyl (C=O) groups excluding carboxylic acids is 1. The van der Waals surface area contributed by atoms with Crippen molar-refractivity contribution in [2.24, 2.45) is 0 Å². The fourth-order valence-electron chi connectivity index (χ4n) is 3.11. The van der Waals surface area contributed by atoms with Crippen LogP contribution in [-0.2, 0) is 11.3 Å². The number of hydrogen-bond donors (Lipinski definition) is 1. The second-order valence-electron chi connectivity index (χ2n) is 6.34. The van der Waals surface area contributed by atoms with E-state index in [1.807, 2.05) is 24.3 Å². The molecule has 0 bridgehead atoms. The molecule has 1 N–H and O–H groups in total. The lowest BCUT2D eigenvalue weighted by Gasteiger charge is -2.36. The predicted octanol–water partition coefficient (Wildman–Crippen LogP) is 2.98. The molecule has 1 aliphatic heterocycles. The van der Waals surface area contributed by atoms with Gasteiger partial charge in [0.15, 0.2) is 0 Å². The van der Waals surface area contributed by atoms with Gasteiger partial charge in [-0.3, -0.25) is 9.69 Å². The molecule has 1 aliphatic rings. The molecule has 0 spiro atoms. The highest BCUT2D eigenvalue weighted by molar-refractivity contribution is 5.88. The van der Waals surface area contributed by atoms with Crippen LogP contribution in [0.15, 0.2) is 48.5 Å². The smallest absolute Gasteiger partial charge is 0.221 e. The number of ether oxygens (including phenoxy) is 1. The quantitative estimate of drug-likeness (QED) is 0.910. The van der Waals surface area contributed by atoms with Crippen LogP contribution in [0, 0.1) is 0 Å². The lowest BCUT2D eigenvalue weighted by molar-refractivity contribution is -0.114. The summed E-state index contributed by atoms with van der Waals surface area (Å²) in [5, 5.41) is 2.80. The van der Waals surface area contributed by atoms with E-state index in [0.29, 0.717) is 0 Å². The lowest BCUT2D eigenvalue weighted by Crippen LogP contribution is -2.45. The number of amides is 1. The van der Waals surface area contributed by atoms with Gasteiger partial charge in [0.05, 0.1) is 7.11 Å². The number of hydrogen-bond acceptors (Lipinski definition) is 4. The van der Waals surface area contributed by atoms with Crippen molar-refractivity contribution in [1.29, 1.82) is 0 Å². The molecule has 2 aromatic carbocycles. The predicted molar refractivity (Wildman–Crippen MR) is 101 cm³/mol. The third-order valence-electron chi connectivity index (χ3n) is 4.49. The van der Waals surface area contributed by atoms with Crippen LogP contribution in [0.4, 0.5) is 11.4 Å². The number of nitrogens with zero attached hydrogens (tertiary/aromatic N) is 2. The summed E-state index contributed by atoms with van der Waals surface area (Å²) < 4.78 is 5.22. The summed E-state index contributed by atoms with van der Waals surface area (Å²) in [4.78, 5) is 15.9. The minimum absolute atomic E-state index is 0.0394. The van der Waals surface area contributed by atoms with E-state index < -0.39 is 0 Å². The SMILES string of the molecule is COc1ccc(N2CCN(Cc3ccc(NC(C)=O)cc3)CC2)cc1. The van der Waals surface area contributed by atoms with Gasteiger partial charge in [-0.2, -0.15) is 0 Å². The molecule has 1 saturated heterocycles. The van der Waals surface area contributed by atoms with Gasteiger partial charge in [0, 0.05) is 51.0 Å². The Morgan fingerprint density at radius 3 is 2.20 bits per heavy atom. The number of carbonyl (C=O) groups is 1. The van der Waals surface area contributed by atoms with Crippen molar-refractivity contribution in [3.63, 3.8) is 0 Å². The molecule has 0 aliphatic carbocycles. The van der Waals surface area contributed by atoms with Crippen molar-refractivity contribution in [3.05, 3.63) is 54.1 Å². The van der Waals surface area contributed by atoms with Crippen molar-refractivity contribution < 1.29 is 9.53 Å². The van der Waals surface area contributed by atoms with Gasteiger partial charge < -0.3 is 15.0 Å². The second kappa shape index (κ2) is 8.03. The van der Waals surface area contributed by atoms with Crippen molar-refractivity contribution in [2.75, 3.05) is 43.5 Å². The topological polar surface area (TPSA) is 44.8 Å². The Kier molecular flexibility index (Phi) is 5.56. The molecule has 1 heterocycles. The molecule has 0 aromatic heterocycles. The molecule has 132 valence electrons. The average Bonchev–Trinajstić information content (AvgIpc) is 2.64. The van der Waals surface area contributed by atoms with Gasteiger partial charge in [0.25, 0.3) is 0 Å². The van der Waals surface area contributed by atoms with Gasteiger partial charge in [0.2, 0.25) is 5.91 Å². The Hall–Kier alpha value is -2.53. The van der Waals surface area contributed by atoms with Gasteiger partial charge in [-0.15, -0.1) is 0 Å². The standard InChI is InChI=1S/C20H25N3O2/c1-16(24)21-18-5-3-17(4-6-18)15-22-11-13-23(14-12-22)19-7-9-20(25-2)10-8-19/h3-10H,11-15H2,1-2H3,(H,21,24). The molecule has 0 atom stereocenters. The normalized spacial score (nSPS) is 15.0. The van der Waals surface area contributed by atoms with Crippen molar-refractivity contribution in [1.82, 2.24) is 4.90 Å². The van der Waals surface area contributed by atoms with Crippen LogP contribution in [0.1, 0.15) is 12.5 Å². The largest absolute Gasteiger partial charge is 0.497 e. The Bertz CT molecular complexity index is 690. The first-order valence-corrected chi connectivity index (χ1v) is 8.62. The van der Waals surface area contributed by atoms with Gasteiger partial charge >= 0.3 is 0 Å². The monoisotopic (exact) mass is 339 g/mol. The highest BCUT2D eigenvalue weighted by Gasteiger charge is 2.17. The molecule has 3 rings (SSSR count). The number of methoxy groups -OCH3 is 1. The molecule has 5 heteroatoms. The third-order valence-corrected chi connectivity index (χ3v) is 4.49. The second-order valence-corrected chi connectivity index (χ2v) is 6.34. The van der Waals surface area contributed by atoms with Crippen LogP contribution in [0.25, 0.3) is 0 Å². The summed E-state index contributed by atoms with van der Waals surface area (Å²) in [7, 11) is 1.69. The number of anilines is 2. The van der Waals surface area contributed by atoms with E-state index in [2.05, 4.69) is 39.4 Å². The molecular weight excluding hydrogens is 314 g/mol. The Labute approximate surface area is 149 Å². The molecular formula is C20H25N3O2. The Balaban J connectivity index is 1.51. The van der Waals surface area contributed by atoms with Gasteiger partial charge in [0.1, 0.15) is 5.75 Å². The van der Waals surface area contributed by atoms with E-state index in [4.69, 9.17) is 4.74 Å². The molecule has 0 saturated carbocycles. The van der Waals surface area contributed by atoms with Crippen molar-refractivity contribution in [2.45, 2.75) is 13.5 Å². The summed E-state index contributed by atoms with van der Waals surface area (Å²) in [6.45, 7) is 6.60. The first kappa shape index (κ1) is 17.3. The zero-order chi connectivity index (χ0) is 17.6. The summed E-state index contributed by atoms with van der Waals surface area (Å²) in [6, 6.07) is 16.4. The fraction of sp³-hybridized carbons (Fsp3) is 0.350. The number of benzene rings is 2. The lowest BCUT2D eigenvalue weighted by atomic mass is 10.1. The van der Waals surface area contributed by atoms with Crippen LogP contribution in [0.3, 0.4) is 0 Å². The van der Waals surface area contributed by atoms with Crippen LogP contribution >= 0.6 is 0 Å². The molecule has 0 radical (unpaired) electrons. The highest BCUT2D eigenvalue weighted by Crippen LogP contribution is 2.21. The number of piperazine rings is 1. The van der Waals surface area contributed by atoms with E-state index in [1.165, 1.54) is 18.2 Å². The zero-order valence-corrected chi connectivity index (χ0v) is 14.9. The average molecular weight is 339 g/mol. The molecule has 5 nitrogen and oxygen atoms in total. The van der Waals surface area contributed by atoms with Crippen LogP contribution in [0.5, 0.6) is 5.75 Å². The van der Waals surface area contributed by atoms with Crippen LogP contribution in [0.2, 0.25) is 0 Å². The maximum Gasteiger partial charge on any atom is 0.221 e. The molecule has 1 amide bonds.